The fraction of sp³-hybridized carbons (Fsp3) is 0.571. The zero-order valence-electron chi connectivity index (χ0n) is 11.7. The molecule has 0 heterocycles. The second-order valence-corrected chi connectivity index (χ2v) is 4.48. The lowest BCUT2D eigenvalue weighted by Crippen LogP contribution is -2.48. The Kier molecular flexibility index (Phi) is 5.85. The number of hydrogen-bond donors (Lipinski definition) is 2. The van der Waals surface area contributed by atoms with Crippen LogP contribution in [0.15, 0.2) is 18.2 Å². The van der Waals surface area contributed by atoms with Crippen molar-refractivity contribution in [2.24, 2.45) is 5.84 Å². The fourth-order valence-electron chi connectivity index (χ4n) is 2.48. The molecule has 3 nitrogen and oxygen atoms in total. The first-order valence-corrected chi connectivity index (χ1v) is 6.59. The number of nitrogens with one attached hydrogen (secondary N) is 1. The van der Waals surface area contributed by atoms with E-state index in [9.17, 15) is 8.78 Å². The van der Waals surface area contributed by atoms with Crippen molar-refractivity contribution in [3.05, 3.63) is 35.4 Å². The maximum Gasteiger partial charge on any atom is 0.159 e. The molecular weight excluding hydrogens is 250 g/mol. The molecule has 3 N–H and O–H groups in total. The highest BCUT2D eigenvalue weighted by molar-refractivity contribution is 5.24. The van der Waals surface area contributed by atoms with Crippen molar-refractivity contribution < 1.29 is 13.5 Å². The van der Waals surface area contributed by atoms with Gasteiger partial charge in [-0.15, -0.1) is 0 Å². The summed E-state index contributed by atoms with van der Waals surface area (Å²) in [5.41, 5.74) is 2.73. The SMILES string of the molecule is CCOC(CC)(CC)C(NN)c1ccc(F)c(F)c1. The Morgan fingerprint density at radius 3 is 2.26 bits per heavy atom. The third-order valence-corrected chi connectivity index (χ3v) is 3.60. The predicted octanol–water partition coefficient (Wildman–Crippen LogP) is 3.06. The Morgan fingerprint density at radius 2 is 1.84 bits per heavy atom. The van der Waals surface area contributed by atoms with Gasteiger partial charge in [0.05, 0.1) is 11.6 Å². The third-order valence-electron chi connectivity index (χ3n) is 3.60. The van der Waals surface area contributed by atoms with Crippen molar-refractivity contribution in [1.29, 1.82) is 0 Å². The molecule has 1 aromatic rings. The van der Waals surface area contributed by atoms with E-state index in [4.69, 9.17) is 10.6 Å². The molecule has 19 heavy (non-hydrogen) atoms. The highest BCUT2D eigenvalue weighted by Crippen LogP contribution is 2.35. The van der Waals surface area contributed by atoms with E-state index < -0.39 is 23.3 Å². The molecule has 5 heteroatoms. The van der Waals surface area contributed by atoms with E-state index in [0.29, 0.717) is 25.0 Å². The predicted molar refractivity (Wildman–Crippen MR) is 71.4 cm³/mol. The topological polar surface area (TPSA) is 47.3 Å². The highest BCUT2D eigenvalue weighted by Gasteiger charge is 2.37. The number of hydrazine groups is 1. The molecule has 1 aromatic carbocycles. The van der Waals surface area contributed by atoms with Gasteiger partial charge in [0.25, 0.3) is 0 Å². The van der Waals surface area contributed by atoms with Gasteiger partial charge in [-0.1, -0.05) is 19.9 Å². The summed E-state index contributed by atoms with van der Waals surface area (Å²) in [6, 6.07) is 3.41. The average molecular weight is 272 g/mol. The lowest BCUT2D eigenvalue weighted by atomic mass is 9.84. The van der Waals surface area contributed by atoms with E-state index in [0.717, 1.165) is 6.07 Å². The second-order valence-electron chi connectivity index (χ2n) is 4.48. The number of hydrogen-bond acceptors (Lipinski definition) is 3. The first-order valence-electron chi connectivity index (χ1n) is 6.59. The van der Waals surface area contributed by atoms with Gasteiger partial charge in [-0.2, -0.15) is 0 Å². The van der Waals surface area contributed by atoms with E-state index in [2.05, 4.69) is 5.43 Å². The summed E-state index contributed by atoms with van der Waals surface area (Å²) in [4.78, 5) is 0. The van der Waals surface area contributed by atoms with Gasteiger partial charge in [-0.25, -0.2) is 8.78 Å². The zero-order chi connectivity index (χ0) is 14.5. The number of rotatable bonds is 7. The largest absolute Gasteiger partial charge is 0.373 e. The van der Waals surface area contributed by atoms with Crippen LogP contribution < -0.4 is 11.3 Å². The minimum atomic E-state index is -0.879. The molecule has 108 valence electrons. The minimum absolute atomic E-state index is 0.391. The molecule has 0 aliphatic rings. The van der Waals surface area contributed by atoms with Crippen LogP contribution >= 0.6 is 0 Å². The Bertz CT molecular complexity index is 408. The summed E-state index contributed by atoms with van der Waals surface area (Å²) in [7, 11) is 0. The standard InChI is InChI=1S/C14H22F2N2O/c1-4-14(5-2,19-6-3)13(18-17)10-7-8-11(15)12(16)9-10/h7-9,13,18H,4-6,17H2,1-3H3. The van der Waals surface area contributed by atoms with Crippen LogP contribution in [-0.4, -0.2) is 12.2 Å². The number of halogens is 2. The van der Waals surface area contributed by atoms with Gasteiger partial charge in [-0.3, -0.25) is 11.3 Å². The van der Waals surface area contributed by atoms with Crippen molar-refractivity contribution >= 4 is 0 Å². The number of nitrogens with two attached hydrogens (primary N) is 1. The lowest BCUT2D eigenvalue weighted by molar-refractivity contribution is -0.0734. The number of benzene rings is 1. The van der Waals surface area contributed by atoms with E-state index in [-0.39, 0.29) is 0 Å². The molecule has 1 rings (SSSR count). The van der Waals surface area contributed by atoms with E-state index in [1.165, 1.54) is 12.1 Å². The molecule has 1 atom stereocenters. The average Bonchev–Trinajstić information content (AvgIpc) is 2.42. The minimum Gasteiger partial charge on any atom is -0.373 e. The highest BCUT2D eigenvalue weighted by atomic mass is 19.2. The summed E-state index contributed by atoms with van der Waals surface area (Å²) < 4.78 is 32.2. The lowest BCUT2D eigenvalue weighted by Gasteiger charge is -2.39. The Balaban J connectivity index is 3.18. The first-order chi connectivity index (χ1) is 9.04. The normalized spacial score (nSPS) is 13.6. The van der Waals surface area contributed by atoms with Gasteiger partial charge >= 0.3 is 0 Å². The molecule has 0 aromatic heterocycles. The maximum atomic E-state index is 13.4. The Morgan fingerprint density at radius 1 is 1.21 bits per heavy atom. The summed E-state index contributed by atoms with van der Waals surface area (Å²) in [6.07, 6.45) is 1.43. The van der Waals surface area contributed by atoms with Crippen LogP contribution in [0.2, 0.25) is 0 Å². The molecular formula is C14H22F2N2O. The second kappa shape index (κ2) is 6.93. The molecule has 0 bridgehead atoms. The van der Waals surface area contributed by atoms with E-state index >= 15 is 0 Å². The molecule has 0 aliphatic carbocycles. The third kappa shape index (κ3) is 3.29. The van der Waals surface area contributed by atoms with Crippen molar-refractivity contribution in [2.45, 2.75) is 45.3 Å². The molecule has 0 amide bonds. The van der Waals surface area contributed by atoms with Crippen LogP contribution in [0.3, 0.4) is 0 Å². The summed E-state index contributed by atoms with van der Waals surface area (Å²) in [6.45, 7) is 6.41. The molecule has 0 radical (unpaired) electrons. The van der Waals surface area contributed by atoms with Crippen LogP contribution in [0.1, 0.15) is 45.2 Å². The smallest absolute Gasteiger partial charge is 0.159 e. The monoisotopic (exact) mass is 272 g/mol. The molecule has 0 saturated heterocycles. The van der Waals surface area contributed by atoms with Gasteiger partial charge in [0.15, 0.2) is 11.6 Å². The first kappa shape index (κ1) is 16.0. The molecule has 0 saturated carbocycles. The quantitative estimate of drug-likeness (QED) is 0.592. The molecule has 0 fully saturated rings. The van der Waals surface area contributed by atoms with Crippen molar-refractivity contribution in [3.63, 3.8) is 0 Å². The fourth-order valence-corrected chi connectivity index (χ4v) is 2.48. The Hall–Kier alpha value is -1.04. The van der Waals surface area contributed by atoms with Crippen LogP contribution in [0, 0.1) is 11.6 Å². The van der Waals surface area contributed by atoms with Gasteiger partial charge in [0.1, 0.15) is 0 Å². The zero-order valence-corrected chi connectivity index (χ0v) is 11.7. The van der Waals surface area contributed by atoms with Crippen LogP contribution in [0.25, 0.3) is 0 Å². The van der Waals surface area contributed by atoms with E-state index in [1.807, 2.05) is 20.8 Å². The van der Waals surface area contributed by atoms with Crippen molar-refractivity contribution in [3.8, 4) is 0 Å². The Labute approximate surface area is 113 Å². The molecule has 0 spiro atoms. The van der Waals surface area contributed by atoms with Crippen LogP contribution in [-0.2, 0) is 4.74 Å². The maximum absolute atomic E-state index is 13.4. The van der Waals surface area contributed by atoms with E-state index in [1.54, 1.807) is 0 Å². The summed E-state index contributed by atoms with van der Waals surface area (Å²) in [5.74, 6) is 3.87. The van der Waals surface area contributed by atoms with Gasteiger partial charge < -0.3 is 4.74 Å². The van der Waals surface area contributed by atoms with Gasteiger partial charge in [0.2, 0.25) is 0 Å². The van der Waals surface area contributed by atoms with Gasteiger partial charge in [-0.05, 0) is 37.5 Å². The van der Waals surface area contributed by atoms with Crippen molar-refractivity contribution in [1.82, 2.24) is 5.43 Å². The summed E-state index contributed by atoms with van der Waals surface area (Å²) in [5, 5.41) is 0. The van der Waals surface area contributed by atoms with Crippen LogP contribution in [0.5, 0.6) is 0 Å². The summed E-state index contributed by atoms with van der Waals surface area (Å²) >= 11 is 0. The number of ether oxygens (including phenoxy) is 1. The van der Waals surface area contributed by atoms with Crippen molar-refractivity contribution in [2.75, 3.05) is 6.61 Å². The van der Waals surface area contributed by atoms with Gasteiger partial charge in [0, 0.05) is 6.61 Å². The molecule has 1 unspecified atom stereocenters. The molecule has 0 aliphatic heterocycles. The van der Waals surface area contributed by atoms with Crippen LogP contribution in [0.4, 0.5) is 8.78 Å².